The highest BCUT2D eigenvalue weighted by atomic mass is 16.3. The molecule has 0 fully saturated rings. The van der Waals surface area contributed by atoms with Crippen molar-refractivity contribution >= 4 is 5.84 Å². The molecule has 0 aliphatic carbocycles. The molecule has 5 nitrogen and oxygen atoms in total. The highest BCUT2D eigenvalue weighted by Crippen LogP contribution is 2.12. The zero-order valence-electron chi connectivity index (χ0n) is 16.8. The molecule has 28 heavy (non-hydrogen) atoms. The van der Waals surface area contributed by atoms with E-state index in [0.29, 0.717) is 12.3 Å². The maximum atomic E-state index is 9.56. The van der Waals surface area contributed by atoms with E-state index in [9.17, 15) is 10.2 Å². The Bertz CT molecular complexity index is 714. The lowest BCUT2D eigenvalue weighted by Gasteiger charge is -2.11. The van der Waals surface area contributed by atoms with Crippen LogP contribution in [0.4, 0.5) is 0 Å². The summed E-state index contributed by atoms with van der Waals surface area (Å²) in [5.74, 6) is 1.54. The van der Waals surface area contributed by atoms with E-state index in [1.54, 1.807) is 24.3 Å². The summed E-state index contributed by atoms with van der Waals surface area (Å²) in [4.78, 5) is 0. The van der Waals surface area contributed by atoms with Crippen molar-refractivity contribution < 1.29 is 10.2 Å². The van der Waals surface area contributed by atoms with Crippen LogP contribution in [0.15, 0.2) is 53.6 Å². The maximum absolute atomic E-state index is 9.56. The molecular weight excluding hydrogens is 350 g/mol. The quantitative estimate of drug-likeness (QED) is 0.186. The molecule has 2 aromatic rings. The Hall–Kier alpha value is -2.69. The molecule has 0 saturated heterocycles. The molecular formula is C23H33N3O2. The van der Waals surface area contributed by atoms with E-state index in [1.807, 2.05) is 24.3 Å². The minimum absolute atomic E-state index is 0.270. The van der Waals surface area contributed by atoms with Crippen LogP contribution in [-0.4, -0.2) is 22.6 Å². The Morgan fingerprint density at radius 2 is 1.71 bits per heavy atom. The van der Waals surface area contributed by atoms with E-state index in [0.717, 1.165) is 43.6 Å². The van der Waals surface area contributed by atoms with Gasteiger partial charge in [-0.05, 0) is 54.7 Å². The molecule has 0 aliphatic heterocycles. The lowest BCUT2D eigenvalue weighted by atomic mass is 10.1. The van der Waals surface area contributed by atoms with Crippen LogP contribution in [0.1, 0.15) is 56.6 Å². The number of hydrogen-bond acceptors (Lipinski definition) is 4. The summed E-state index contributed by atoms with van der Waals surface area (Å²) in [5.41, 5.74) is 5.33. The molecule has 2 rings (SSSR count). The number of hydrazone groups is 1. The average Bonchev–Trinajstić information content (AvgIpc) is 2.69. The number of aromatic hydroxyl groups is 2. The SMILES string of the molecule is CCCCCCN/C(CCCc1ccc(O)cc1)=N\NCc1cccc(O)c1. The van der Waals surface area contributed by atoms with Gasteiger partial charge in [0.1, 0.15) is 17.3 Å². The number of phenols is 2. The van der Waals surface area contributed by atoms with Gasteiger partial charge in [-0.25, -0.2) is 0 Å². The van der Waals surface area contributed by atoms with Crippen molar-refractivity contribution in [2.24, 2.45) is 5.10 Å². The first-order chi connectivity index (χ1) is 13.7. The second kappa shape index (κ2) is 12.7. The van der Waals surface area contributed by atoms with Gasteiger partial charge in [0.15, 0.2) is 0 Å². The van der Waals surface area contributed by atoms with E-state index < -0.39 is 0 Å². The summed E-state index contributed by atoms with van der Waals surface area (Å²) in [7, 11) is 0. The van der Waals surface area contributed by atoms with Crippen LogP contribution in [0.3, 0.4) is 0 Å². The molecule has 0 aromatic heterocycles. The third-order valence-corrected chi connectivity index (χ3v) is 4.58. The highest BCUT2D eigenvalue weighted by molar-refractivity contribution is 5.81. The van der Waals surface area contributed by atoms with Gasteiger partial charge in [0.25, 0.3) is 0 Å². The van der Waals surface area contributed by atoms with Crippen LogP contribution < -0.4 is 10.7 Å². The predicted octanol–water partition coefficient (Wildman–Crippen LogP) is 4.69. The molecule has 152 valence electrons. The number of nitrogens with one attached hydrogen (secondary N) is 2. The van der Waals surface area contributed by atoms with Gasteiger partial charge in [-0.15, -0.1) is 0 Å². The van der Waals surface area contributed by atoms with Crippen LogP contribution in [0.2, 0.25) is 0 Å². The smallest absolute Gasteiger partial charge is 0.122 e. The molecule has 0 amide bonds. The van der Waals surface area contributed by atoms with E-state index in [-0.39, 0.29) is 5.75 Å². The Morgan fingerprint density at radius 3 is 2.46 bits per heavy atom. The predicted molar refractivity (Wildman–Crippen MR) is 116 cm³/mol. The second-order valence-corrected chi connectivity index (χ2v) is 7.07. The van der Waals surface area contributed by atoms with E-state index in [1.165, 1.54) is 24.8 Å². The fraction of sp³-hybridized carbons (Fsp3) is 0.435. The first-order valence-corrected chi connectivity index (χ1v) is 10.3. The summed E-state index contributed by atoms with van der Waals surface area (Å²) in [6.07, 6.45) is 7.69. The molecule has 0 bridgehead atoms. The van der Waals surface area contributed by atoms with Gasteiger partial charge in [0.2, 0.25) is 0 Å². The van der Waals surface area contributed by atoms with Crippen molar-refractivity contribution in [2.75, 3.05) is 6.54 Å². The zero-order chi connectivity index (χ0) is 20.0. The third kappa shape index (κ3) is 8.80. The van der Waals surface area contributed by atoms with Crippen molar-refractivity contribution in [3.05, 3.63) is 59.7 Å². The molecule has 2 aromatic carbocycles. The molecule has 0 aliphatic rings. The number of unbranched alkanes of at least 4 members (excludes halogenated alkanes) is 3. The number of hydrogen-bond donors (Lipinski definition) is 4. The first kappa shape index (κ1) is 21.6. The van der Waals surface area contributed by atoms with Gasteiger partial charge < -0.3 is 21.0 Å². The van der Waals surface area contributed by atoms with Crippen molar-refractivity contribution in [3.63, 3.8) is 0 Å². The summed E-state index contributed by atoms with van der Waals surface area (Å²) in [6.45, 7) is 3.73. The standard InChI is InChI=1S/C23H33N3O2/c1-2-3-4-5-16-24-23(11-7-8-19-12-14-21(27)15-13-19)26-25-18-20-9-6-10-22(28)17-20/h6,9-10,12-15,17,25,27-28H,2-5,7-8,11,16,18H2,1H3,(H,24,26). The van der Waals surface area contributed by atoms with Crippen LogP contribution >= 0.6 is 0 Å². The third-order valence-electron chi connectivity index (χ3n) is 4.58. The van der Waals surface area contributed by atoms with Gasteiger partial charge in [-0.3, -0.25) is 0 Å². The molecule has 0 atom stereocenters. The number of amidine groups is 1. The zero-order valence-corrected chi connectivity index (χ0v) is 16.8. The van der Waals surface area contributed by atoms with E-state index in [2.05, 4.69) is 22.8 Å². The van der Waals surface area contributed by atoms with Gasteiger partial charge in [-0.1, -0.05) is 50.5 Å². The molecule has 0 unspecified atom stereocenters. The van der Waals surface area contributed by atoms with Gasteiger partial charge in [0.05, 0.1) is 6.54 Å². The summed E-state index contributed by atoms with van der Waals surface area (Å²) >= 11 is 0. The molecule has 0 radical (unpaired) electrons. The average molecular weight is 384 g/mol. The Balaban J connectivity index is 1.82. The van der Waals surface area contributed by atoms with Crippen molar-refractivity contribution in [1.82, 2.24) is 10.7 Å². The lowest BCUT2D eigenvalue weighted by Crippen LogP contribution is -2.27. The number of benzene rings is 2. The monoisotopic (exact) mass is 383 g/mol. The van der Waals surface area contributed by atoms with E-state index >= 15 is 0 Å². The van der Waals surface area contributed by atoms with Crippen molar-refractivity contribution in [3.8, 4) is 11.5 Å². The van der Waals surface area contributed by atoms with Crippen LogP contribution in [-0.2, 0) is 13.0 Å². The van der Waals surface area contributed by atoms with Crippen LogP contribution in [0.5, 0.6) is 11.5 Å². The van der Waals surface area contributed by atoms with Gasteiger partial charge >= 0.3 is 0 Å². The largest absolute Gasteiger partial charge is 0.508 e. The van der Waals surface area contributed by atoms with Gasteiger partial charge in [0, 0.05) is 13.0 Å². The Kier molecular flexibility index (Phi) is 9.76. The lowest BCUT2D eigenvalue weighted by molar-refractivity contribution is 0.474. The summed E-state index contributed by atoms with van der Waals surface area (Å²) in [5, 5.41) is 27.0. The Morgan fingerprint density at radius 1 is 0.893 bits per heavy atom. The topological polar surface area (TPSA) is 76.9 Å². The fourth-order valence-corrected chi connectivity index (χ4v) is 2.98. The summed E-state index contributed by atoms with van der Waals surface area (Å²) in [6, 6.07) is 14.6. The molecule has 0 heterocycles. The summed E-state index contributed by atoms with van der Waals surface area (Å²) < 4.78 is 0. The maximum Gasteiger partial charge on any atom is 0.122 e. The van der Waals surface area contributed by atoms with Crippen LogP contribution in [0.25, 0.3) is 0 Å². The molecule has 0 saturated carbocycles. The second-order valence-electron chi connectivity index (χ2n) is 7.07. The van der Waals surface area contributed by atoms with Gasteiger partial charge in [-0.2, -0.15) is 5.10 Å². The number of phenolic OH excluding ortho intramolecular Hbond substituents is 2. The van der Waals surface area contributed by atoms with Crippen LogP contribution in [0, 0.1) is 0 Å². The van der Waals surface area contributed by atoms with Crippen molar-refractivity contribution in [2.45, 2.75) is 58.4 Å². The first-order valence-electron chi connectivity index (χ1n) is 10.3. The molecule has 0 spiro atoms. The number of nitrogens with zero attached hydrogens (tertiary/aromatic N) is 1. The minimum atomic E-state index is 0.270. The molecule has 4 N–H and O–H groups in total. The molecule has 5 heteroatoms. The fourth-order valence-electron chi connectivity index (χ4n) is 2.98. The van der Waals surface area contributed by atoms with Crippen molar-refractivity contribution in [1.29, 1.82) is 0 Å². The Labute approximate surface area is 168 Å². The van der Waals surface area contributed by atoms with E-state index in [4.69, 9.17) is 0 Å². The minimum Gasteiger partial charge on any atom is -0.508 e. The normalized spacial score (nSPS) is 11.4. The highest BCUT2D eigenvalue weighted by Gasteiger charge is 2.02. The number of aryl methyl sites for hydroxylation is 1. The number of rotatable bonds is 12.